The normalized spacial score (nSPS) is 24.3. The monoisotopic (exact) mass is 462 g/mol. The second-order valence-corrected chi connectivity index (χ2v) is 11.1. The van der Waals surface area contributed by atoms with Crippen LogP contribution in [0.4, 0.5) is 8.78 Å². The van der Waals surface area contributed by atoms with Crippen molar-refractivity contribution in [2.45, 2.75) is 55.6 Å². The molecule has 1 aliphatic carbocycles. The number of rotatable bonds is 5. The molecule has 30 heavy (non-hydrogen) atoms. The highest BCUT2D eigenvalue weighted by Gasteiger charge is 2.43. The highest BCUT2D eigenvalue weighted by molar-refractivity contribution is 7.89. The zero-order valence-corrected chi connectivity index (χ0v) is 17.6. The Hall–Kier alpha value is -1.96. The summed E-state index contributed by atoms with van der Waals surface area (Å²) >= 11 is 0. The van der Waals surface area contributed by atoms with Gasteiger partial charge in [0.25, 0.3) is 5.89 Å². The topological polar surface area (TPSA) is 122 Å². The maximum absolute atomic E-state index is 13.3. The minimum Gasteiger partial charge on any atom is -0.415 e. The van der Waals surface area contributed by atoms with E-state index in [1.807, 2.05) is 0 Å². The molecule has 0 spiro atoms. The largest absolute Gasteiger partial charge is 0.415 e. The van der Waals surface area contributed by atoms with Crippen LogP contribution in [-0.2, 0) is 26.6 Å². The van der Waals surface area contributed by atoms with Gasteiger partial charge in [0.1, 0.15) is 0 Å². The first-order valence-corrected chi connectivity index (χ1v) is 12.6. The fraction of sp³-hybridized carbons (Fsp3) is 0.529. The summed E-state index contributed by atoms with van der Waals surface area (Å²) in [5.41, 5.74) is 0.754. The summed E-state index contributed by atoms with van der Waals surface area (Å²) in [6.45, 7) is 0.108. The van der Waals surface area contributed by atoms with Crippen molar-refractivity contribution in [2.75, 3.05) is 6.26 Å². The Morgan fingerprint density at radius 3 is 2.63 bits per heavy atom. The fourth-order valence-corrected chi connectivity index (χ4v) is 6.78. The summed E-state index contributed by atoms with van der Waals surface area (Å²) in [4.78, 5) is 0.0282. The van der Waals surface area contributed by atoms with Crippen molar-refractivity contribution in [3.05, 3.63) is 29.7 Å². The quantitative estimate of drug-likeness (QED) is 0.721. The van der Waals surface area contributed by atoms with Crippen molar-refractivity contribution in [2.24, 2.45) is 0 Å². The number of alkyl halides is 2. The van der Waals surface area contributed by atoms with E-state index in [-0.39, 0.29) is 22.9 Å². The van der Waals surface area contributed by atoms with E-state index in [1.165, 1.54) is 16.4 Å². The van der Waals surface area contributed by atoms with Gasteiger partial charge in [0, 0.05) is 24.2 Å². The lowest BCUT2D eigenvalue weighted by molar-refractivity contribution is 0.116. The first-order valence-electron chi connectivity index (χ1n) is 9.30. The van der Waals surface area contributed by atoms with Crippen LogP contribution in [0.2, 0.25) is 0 Å². The summed E-state index contributed by atoms with van der Waals surface area (Å²) < 4.78 is 84.2. The van der Waals surface area contributed by atoms with Crippen molar-refractivity contribution in [3.63, 3.8) is 0 Å². The van der Waals surface area contributed by atoms with E-state index in [2.05, 4.69) is 14.9 Å². The van der Waals surface area contributed by atoms with Gasteiger partial charge in [0.15, 0.2) is 0 Å². The van der Waals surface area contributed by atoms with Gasteiger partial charge in [-0.1, -0.05) is 18.9 Å². The third kappa shape index (κ3) is 3.98. The van der Waals surface area contributed by atoms with Gasteiger partial charge in [0.05, 0.1) is 11.2 Å². The molecule has 2 aliphatic rings. The average Bonchev–Trinajstić information content (AvgIpc) is 3.24. The van der Waals surface area contributed by atoms with E-state index >= 15 is 0 Å². The lowest BCUT2D eigenvalue weighted by Crippen LogP contribution is -2.53. The lowest BCUT2D eigenvalue weighted by Gasteiger charge is -2.36. The molecule has 4 rings (SSSR count). The summed E-state index contributed by atoms with van der Waals surface area (Å²) in [6, 6.07) is 3.42. The molecule has 1 aromatic heterocycles. The van der Waals surface area contributed by atoms with Crippen LogP contribution in [0.25, 0.3) is 11.5 Å². The number of hydrogen-bond acceptors (Lipinski definition) is 7. The number of fused-ring (bicyclic) bond motifs is 1. The molecule has 2 heterocycles. The van der Waals surface area contributed by atoms with Crippen molar-refractivity contribution in [1.29, 1.82) is 0 Å². The average molecular weight is 463 g/mol. The molecule has 1 aliphatic heterocycles. The van der Waals surface area contributed by atoms with Gasteiger partial charge in [-0.2, -0.15) is 13.1 Å². The molecule has 0 radical (unpaired) electrons. The minimum absolute atomic E-state index is 0.0282. The number of halogens is 2. The SMILES string of the molecule is CS(=O)(=O)N[C@@H]1CCCC[C@H]1N1Cc2ccc(-c3nnc(C(F)F)o3)cc2S1(=O)=O. The predicted molar refractivity (Wildman–Crippen MR) is 101 cm³/mol. The Bertz CT molecular complexity index is 1170. The van der Waals surface area contributed by atoms with Crippen LogP contribution in [0.5, 0.6) is 0 Å². The molecule has 13 heteroatoms. The molecular weight excluding hydrogens is 442 g/mol. The molecule has 1 aromatic carbocycles. The summed E-state index contributed by atoms with van der Waals surface area (Å²) in [5.74, 6) is -1.04. The van der Waals surface area contributed by atoms with E-state index in [0.29, 0.717) is 18.4 Å². The van der Waals surface area contributed by atoms with E-state index in [1.54, 1.807) is 6.07 Å². The maximum atomic E-state index is 13.3. The lowest BCUT2D eigenvalue weighted by atomic mass is 9.91. The minimum atomic E-state index is -3.91. The van der Waals surface area contributed by atoms with E-state index in [9.17, 15) is 25.6 Å². The van der Waals surface area contributed by atoms with Crippen molar-refractivity contribution >= 4 is 20.0 Å². The first kappa shape index (κ1) is 21.3. The molecule has 164 valence electrons. The Morgan fingerprint density at radius 2 is 1.97 bits per heavy atom. The molecule has 9 nitrogen and oxygen atoms in total. The maximum Gasteiger partial charge on any atom is 0.314 e. The second-order valence-electron chi connectivity index (χ2n) is 7.47. The van der Waals surface area contributed by atoms with Crippen LogP contribution in [0, 0.1) is 0 Å². The smallest absolute Gasteiger partial charge is 0.314 e. The molecule has 1 N–H and O–H groups in total. The zero-order valence-electron chi connectivity index (χ0n) is 16.0. The Morgan fingerprint density at radius 1 is 1.23 bits per heavy atom. The highest BCUT2D eigenvalue weighted by atomic mass is 32.2. The van der Waals surface area contributed by atoms with Crippen LogP contribution >= 0.6 is 0 Å². The van der Waals surface area contributed by atoms with E-state index < -0.39 is 44.4 Å². The third-order valence-corrected chi connectivity index (χ3v) is 8.00. The fourth-order valence-electron chi connectivity index (χ4n) is 4.04. The first-order chi connectivity index (χ1) is 14.1. The van der Waals surface area contributed by atoms with Crippen molar-refractivity contribution in [1.82, 2.24) is 19.2 Å². The van der Waals surface area contributed by atoms with Gasteiger partial charge in [-0.3, -0.25) is 0 Å². The molecule has 0 bridgehead atoms. The molecular formula is C17H20F2N4O5S2. The number of hydrogen-bond donors (Lipinski definition) is 1. The second kappa shape index (κ2) is 7.62. The van der Waals surface area contributed by atoms with Crippen LogP contribution < -0.4 is 4.72 Å². The Kier molecular flexibility index (Phi) is 5.41. The van der Waals surface area contributed by atoms with Crippen LogP contribution in [0.1, 0.15) is 43.6 Å². The molecule has 0 unspecified atom stereocenters. The third-order valence-electron chi connectivity index (χ3n) is 5.32. The molecule has 0 saturated heterocycles. The standard InChI is InChI=1S/C17H20F2N4O5S2/c1-29(24,25)22-12-4-2-3-5-13(12)23-9-11-7-6-10(8-14(11)30(23,26)27)16-20-21-17(28-16)15(18)19/h6-8,12-13,15,22H,2-5,9H2,1H3/t12-,13-/m1/s1. The van der Waals surface area contributed by atoms with Crippen molar-refractivity contribution in [3.8, 4) is 11.5 Å². The van der Waals surface area contributed by atoms with E-state index in [0.717, 1.165) is 19.1 Å². The van der Waals surface area contributed by atoms with Crippen molar-refractivity contribution < 1.29 is 30.0 Å². The Labute approximate surface area is 172 Å². The highest BCUT2D eigenvalue weighted by Crippen LogP contribution is 2.38. The zero-order chi connectivity index (χ0) is 21.7. The molecule has 2 aromatic rings. The van der Waals surface area contributed by atoms with E-state index in [4.69, 9.17) is 4.42 Å². The number of aromatic nitrogens is 2. The number of sulfonamides is 2. The number of nitrogens with zero attached hydrogens (tertiary/aromatic N) is 3. The van der Waals surface area contributed by atoms with Crippen LogP contribution in [0.15, 0.2) is 27.5 Å². The predicted octanol–water partition coefficient (Wildman–Crippen LogP) is 2.04. The summed E-state index contributed by atoms with van der Waals surface area (Å²) in [7, 11) is -7.41. The van der Waals surface area contributed by atoms with Gasteiger partial charge in [-0.15, -0.1) is 10.2 Å². The van der Waals surface area contributed by atoms with Gasteiger partial charge >= 0.3 is 6.43 Å². The van der Waals surface area contributed by atoms with Gasteiger partial charge in [0.2, 0.25) is 25.9 Å². The van der Waals surface area contributed by atoms with Crippen LogP contribution in [0.3, 0.4) is 0 Å². The number of benzene rings is 1. The summed E-state index contributed by atoms with van der Waals surface area (Å²) in [6.07, 6.45) is 0.802. The Balaban J connectivity index is 1.66. The van der Waals surface area contributed by atoms with Gasteiger partial charge < -0.3 is 4.42 Å². The molecule has 2 atom stereocenters. The number of nitrogens with one attached hydrogen (secondary N) is 1. The van der Waals surface area contributed by atoms with Gasteiger partial charge in [-0.25, -0.2) is 21.6 Å². The molecule has 0 amide bonds. The molecule has 1 fully saturated rings. The van der Waals surface area contributed by atoms with Crippen LogP contribution in [-0.4, -0.2) is 49.7 Å². The summed E-state index contributed by atoms with van der Waals surface area (Å²) in [5, 5.41) is 6.82. The van der Waals surface area contributed by atoms with Gasteiger partial charge in [-0.05, 0) is 30.5 Å². The molecule has 1 saturated carbocycles.